The molecule has 0 spiro atoms. The zero-order chi connectivity index (χ0) is 31.9. The van der Waals surface area contributed by atoms with Gasteiger partial charge in [-0.3, -0.25) is 11.6 Å². The number of alkyl carbamates (subject to hydrolysis) is 1. The number of nitrogens with zero attached hydrogens (tertiary/aromatic N) is 3. The van der Waals surface area contributed by atoms with Gasteiger partial charge in [-0.25, -0.2) is 14.8 Å². The molecule has 0 bridgehead atoms. The van der Waals surface area contributed by atoms with E-state index in [-0.39, 0.29) is 55.3 Å². The van der Waals surface area contributed by atoms with Crippen molar-refractivity contribution in [3.05, 3.63) is 30.0 Å². The van der Waals surface area contributed by atoms with Crippen LogP contribution in [0.4, 0.5) is 13.6 Å². The second kappa shape index (κ2) is 16.0. The average molecular weight is 655 g/mol. The van der Waals surface area contributed by atoms with Crippen LogP contribution in [0.5, 0.6) is 5.88 Å². The summed E-state index contributed by atoms with van der Waals surface area (Å²) in [6, 6.07) is 5.84. The van der Waals surface area contributed by atoms with Gasteiger partial charge >= 0.3 is 6.09 Å². The van der Waals surface area contributed by atoms with E-state index in [1.54, 1.807) is 29.2 Å². The van der Waals surface area contributed by atoms with Crippen LogP contribution < -0.4 is 10.1 Å². The number of carbonyl (C=O) groups is 2. The van der Waals surface area contributed by atoms with E-state index in [9.17, 15) is 9.59 Å². The van der Waals surface area contributed by atoms with E-state index in [0.29, 0.717) is 29.8 Å². The molecule has 243 valence electrons. The second-order valence-electron chi connectivity index (χ2n) is 12.7. The summed E-state index contributed by atoms with van der Waals surface area (Å²) in [5.41, 5.74) is -0.185. The molecule has 12 heteroatoms. The van der Waals surface area contributed by atoms with E-state index in [4.69, 9.17) is 14.3 Å². The molecule has 1 saturated carbocycles. The maximum Gasteiger partial charge on any atom is 0.407 e. The third kappa shape index (κ3) is 9.13. The van der Waals surface area contributed by atoms with Crippen molar-refractivity contribution >= 4 is 29.8 Å². The number of likely N-dealkylation sites (tertiary alicyclic amines) is 1. The Morgan fingerprint density at radius 1 is 1.11 bits per heavy atom. The van der Waals surface area contributed by atoms with Crippen LogP contribution in [-0.2, 0) is 38.8 Å². The molecule has 1 aromatic carbocycles. The summed E-state index contributed by atoms with van der Waals surface area (Å²) in [6.07, 6.45) is 3.64. The molecule has 1 aliphatic heterocycles. The molecule has 1 radical (unpaired) electrons. The predicted octanol–water partition coefficient (Wildman–Crippen LogP) is 6.19. The van der Waals surface area contributed by atoms with Gasteiger partial charge in [0.05, 0.1) is 24.7 Å². The second-order valence-corrected chi connectivity index (χ2v) is 12.7. The largest absolute Gasteiger partial charge is 0.545 e. The number of hydrogen-bond donors (Lipinski definition) is 1. The number of carbonyl (C=O) groups excluding carboxylic acids is 3. The van der Waals surface area contributed by atoms with Crippen LogP contribution in [0.25, 0.3) is 11.0 Å². The predicted molar refractivity (Wildman–Crippen MR) is 160 cm³/mol. The molecular weight excluding hydrogens is 609 g/mol. The molecule has 2 aliphatic rings. The number of alkyl halides is 2. The molecule has 1 N–H and O–H groups in total. The van der Waals surface area contributed by atoms with Crippen LogP contribution in [0, 0.1) is 17.3 Å². The van der Waals surface area contributed by atoms with Crippen molar-refractivity contribution < 1.29 is 51.2 Å². The molecule has 2 heterocycles. The van der Waals surface area contributed by atoms with Crippen molar-refractivity contribution in [3.8, 4) is 5.88 Å². The summed E-state index contributed by atoms with van der Waals surface area (Å²) in [7, 11) is 1.25. The van der Waals surface area contributed by atoms with E-state index in [0.717, 1.165) is 12.8 Å². The number of halogens is 2. The summed E-state index contributed by atoms with van der Waals surface area (Å²) < 4.78 is 42.5. The van der Waals surface area contributed by atoms with Crippen molar-refractivity contribution in [3.63, 3.8) is 0 Å². The Hall–Kier alpha value is -2.79. The topological polar surface area (TPSA) is 111 Å². The van der Waals surface area contributed by atoms with Gasteiger partial charge in [0.15, 0.2) is 5.69 Å². The maximum atomic E-state index is 15.7. The first kappa shape index (κ1) is 37.4. The van der Waals surface area contributed by atoms with Gasteiger partial charge in [-0.1, -0.05) is 65.5 Å². The summed E-state index contributed by atoms with van der Waals surface area (Å²) in [4.78, 5) is 44.1. The molecule has 1 aliphatic carbocycles. The fourth-order valence-corrected chi connectivity index (χ4v) is 5.80. The number of nitrogens with one attached hydrogen (secondary N) is 1. The van der Waals surface area contributed by atoms with E-state index in [1.165, 1.54) is 20.0 Å². The van der Waals surface area contributed by atoms with Crippen LogP contribution in [0.3, 0.4) is 0 Å². The van der Waals surface area contributed by atoms with Gasteiger partial charge in [-0.2, -0.15) is 8.78 Å². The molecule has 2 fully saturated rings. The molecular formula is C32H45F2N4O5V-. The zero-order valence-electron chi connectivity index (χ0n) is 26.5. The van der Waals surface area contributed by atoms with Crippen LogP contribution in [0.2, 0.25) is 0 Å². The Kier molecular flexibility index (Phi) is 13.6. The Morgan fingerprint density at radius 3 is 2.27 bits per heavy atom. The fraction of sp³-hybridized carbons (Fsp3) is 0.656. The number of methoxy groups -OCH3 is 1. The average Bonchev–Trinajstić information content (AvgIpc) is 3.75. The van der Waals surface area contributed by atoms with Crippen LogP contribution in [0.15, 0.2) is 24.3 Å². The number of fused-ring (bicyclic) bond motifs is 1. The third-order valence-electron chi connectivity index (χ3n) is 8.48. The van der Waals surface area contributed by atoms with Crippen LogP contribution in [0.1, 0.15) is 85.3 Å². The molecule has 1 unspecified atom stereocenters. The van der Waals surface area contributed by atoms with Gasteiger partial charge in [0.2, 0.25) is 11.8 Å². The summed E-state index contributed by atoms with van der Waals surface area (Å²) in [5, 5.41) is 2.67. The van der Waals surface area contributed by atoms with Gasteiger partial charge in [0, 0.05) is 36.9 Å². The smallest absolute Gasteiger partial charge is 0.407 e. The van der Waals surface area contributed by atoms with Crippen molar-refractivity contribution in [1.29, 1.82) is 0 Å². The molecule has 2 amide bonds. The number of amides is 2. The van der Waals surface area contributed by atoms with E-state index in [1.807, 2.05) is 34.6 Å². The van der Waals surface area contributed by atoms with E-state index >= 15 is 8.78 Å². The third-order valence-corrected chi connectivity index (χ3v) is 8.48. The Morgan fingerprint density at radius 2 is 1.73 bits per heavy atom. The number of ether oxygens (including phenoxy) is 2. The first-order valence-corrected chi connectivity index (χ1v) is 15.1. The van der Waals surface area contributed by atoms with Crippen molar-refractivity contribution in [2.24, 2.45) is 17.3 Å². The Bertz CT molecular complexity index is 1260. The molecule has 44 heavy (non-hydrogen) atoms. The van der Waals surface area contributed by atoms with Gasteiger partial charge in [0.1, 0.15) is 12.1 Å². The van der Waals surface area contributed by atoms with Crippen molar-refractivity contribution in [1.82, 2.24) is 20.2 Å². The van der Waals surface area contributed by atoms with E-state index < -0.39 is 35.3 Å². The van der Waals surface area contributed by atoms with Gasteiger partial charge in [-0.15, -0.1) is 0 Å². The molecule has 4 atom stereocenters. The first-order valence-electron chi connectivity index (χ1n) is 15.1. The summed E-state index contributed by atoms with van der Waals surface area (Å²) >= 11 is 0. The Labute approximate surface area is 271 Å². The molecule has 2 aromatic rings. The number of benzene rings is 1. The maximum absolute atomic E-state index is 15.7. The number of hydrogen-bond acceptors (Lipinski definition) is 7. The van der Waals surface area contributed by atoms with Crippen LogP contribution in [-0.4, -0.2) is 65.5 Å². The zero-order valence-corrected chi connectivity index (χ0v) is 27.9. The van der Waals surface area contributed by atoms with Crippen LogP contribution >= 0.6 is 0 Å². The van der Waals surface area contributed by atoms with Gasteiger partial charge in [-0.05, 0) is 43.2 Å². The number of para-hydroxylation sites is 2. The standard InChI is InChI=1S/C31H44F2N4O4.CHO.V/c1-7-21-19(2)37(28(38)26(30(3,4)5)36-29(39)40-6)18-24(21)41-27-25(34-22-13-8-9-14-23(22)35-27)31(32,33)17-11-10-12-20-15-16-20;1-2;/h8-9,13-14,19-21,24,26H,7,10-12,15-18H2,1-6H3,(H,36,39);1H;/q;-1;/t19-,21+,24+,26?;;/m1../s1. The number of rotatable bonds is 11. The summed E-state index contributed by atoms with van der Waals surface area (Å²) in [5.74, 6) is -3.10. The molecule has 1 saturated heterocycles. The number of aromatic nitrogens is 2. The minimum absolute atomic E-state index is 0. The van der Waals surface area contributed by atoms with Gasteiger partial charge in [0.25, 0.3) is 5.92 Å². The first-order chi connectivity index (χ1) is 20.4. The Balaban J connectivity index is 0.00000220. The minimum Gasteiger partial charge on any atom is -0.545 e. The van der Waals surface area contributed by atoms with Crippen molar-refractivity contribution in [2.45, 2.75) is 104 Å². The fourth-order valence-electron chi connectivity index (χ4n) is 5.80. The molecule has 9 nitrogen and oxygen atoms in total. The quantitative estimate of drug-likeness (QED) is 0.175. The normalized spacial score (nSPS) is 20.6. The minimum atomic E-state index is -3.21. The molecule has 4 rings (SSSR count). The van der Waals surface area contributed by atoms with E-state index in [2.05, 4.69) is 22.1 Å². The monoisotopic (exact) mass is 654 g/mol. The SMILES string of the molecule is CC[C@@H]1[C@@H](Oc2nc3ccccc3nc2C(F)(F)CCCCC2CC2)CN(C(=O)C(NC(=O)OC)C(C)(C)C)[C@@H]1C.[CH-]=O.[V]. The van der Waals surface area contributed by atoms with Gasteiger partial charge < -0.3 is 24.5 Å². The summed E-state index contributed by atoms with van der Waals surface area (Å²) in [6.45, 7) is 12.9. The molecule has 1 aromatic heterocycles. The number of unbranched alkanes of at least 4 members (excludes halogenated alkanes) is 1. The van der Waals surface area contributed by atoms with Crippen molar-refractivity contribution in [2.75, 3.05) is 13.7 Å².